The van der Waals surface area contributed by atoms with Crippen LogP contribution in [0.15, 0.2) is 29.3 Å². The number of hydrogen-bond acceptors (Lipinski definition) is 2. The van der Waals surface area contributed by atoms with Crippen molar-refractivity contribution in [1.29, 1.82) is 0 Å². The van der Waals surface area contributed by atoms with Crippen LogP contribution in [-0.2, 0) is 6.42 Å². The molecule has 0 saturated carbocycles. The molecule has 1 aromatic carbocycles. The lowest BCUT2D eigenvalue weighted by molar-refractivity contribution is 0.0827. The topological polar surface area (TPSA) is 47.9 Å². The van der Waals surface area contributed by atoms with Gasteiger partial charge < -0.3 is 15.1 Å². The molecule has 0 aliphatic heterocycles. The summed E-state index contributed by atoms with van der Waals surface area (Å²) >= 11 is 0. The number of amides is 1. The van der Waals surface area contributed by atoms with Crippen LogP contribution in [0.5, 0.6) is 0 Å². The van der Waals surface area contributed by atoms with Gasteiger partial charge in [-0.1, -0.05) is 25.5 Å². The predicted octanol–water partition coefficient (Wildman–Crippen LogP) is 2.63. The van der Waals surface area contributed by atoms with Crippen molar-refractivity contribution in [1.82, 2.24) is 15.1 Å². The molecule has 5 nitrogen and oxygen atoms in total. The van der Waals surface area contributed by atoms with Gasteiger partial charge in [0.15, 0.2) is 5.96 Å². The van der Waals surface area contributed by atoms with E-state index in [4.69, 9.17) is 4.99 Å². The van der Waals surface area contributed by atoms with Gasteiger partial charge in [0.05, 0.1) is 0 Å². The molecule has 0 spiro atoms. The number of carbonyl (C=O) groups is 1. The summed E-state index contributed by atoms with van der Waals surface area (Å²) in [7, 11) is 5.62. The summed E-state index contributed by atoms with van der Waals surface area (Å²) in [6, 6.07) is 7.81. The van der Waals surface area contributed by atoms with Crippen LogP contribution in [0.3, 0.4) is 0 Å². The van der Waals surface area contributed by atoms with Crippen molar-refractivity contribution in [3.63, 3.8) is 0 Å². The van der Waals surface area contributed by atoms with Crippen molar-refractivity contribution < 1.29 is 4.79 Å². The number of carbonyl (C=O) groups excluding carboxylic acids is 1. The molecule has 0 fully saturated rings. The number of guanidine groups is 1. The standard InChI is InChI=1S/C19H32N4O/c1-6-8-14-23(5)19(20-7-2)21-13-12-16-10-9-11-17(15-16)18(24)22(3)4/h9-11,15H,6-8,12-14H2,1-5H3,(H,20,21). The van der Waals surface area contributed by atoms with Crippen molar-refractivity contribution in [3.05, 3.63) is 35.4 Å². The van der Waals surface area contributed by atoms with E-state index in [1.807, 2.05) is 18.2 Å². The van der Waals surface area contributed by atoms with Crippen LogP contribution in [0, 0.1) is 0 Å². The summed E-state index contributed by atoms with van der Waals surface area (Å²) < 4.78 is 0. The van der Waals surface area contributed by atoms with Crippen molar-refractivity contribution in [2.24, 2.45) is 4.99 Å². The van der Waals surface area contributed by atoms with Crippen LogP contribution in [0.25, 0.3) is 0 Å². The van der Waals surface area contributed by atoms with Crippen molar-refractivity contribution >= 4 is 11.9 Å². The number of aliphatic imine (C=N–C) groups is 1. The van der Waals surface area contributed by atoms with E-state index in [0.29, 0.717) is 6.54 Å². The first-order valence-electron chi connectivity index (χ1n) is 8.79. The Morgan fingerprint density at radius 2 is 1.96 bits per heavy atom. The molecule has 1 amide bonds. The van der Waals surface area contributed by atoms with E-state index in [0.717, 1.165) is 43.0 Å². The van der Waals surface area contributed by atoms with E-state index in [1.165, 1.54) is 6.42 Å². The number of nitrogens with zero attached hydrogens (tertiary/aromatic N) is 3. The summed E-state index contributed by atoms with van der Waals surface area (Å²) in [5, 5.41) is 3.34. The van der Waals surface area contributed by atoms with Crippen LogP contribution in [0.4, 0.5) is 0 Å². The molecule has 0 heterocycles. The van der Waals surface area contributed by atoms with E-state index in [-0.39, 0.29) is 5.91 Å². The molecule has 0 aromatic heterocycles. The van der Waals surface area contributed by atoms with Crippen LogP contribution in [-0.4, -0.2) is 62.4 Å². The second kappa shape index (κ2) is 10.7. The molecule has 0 aliphatic rings. The third kappa shape index (κ3) is 6.60. The summed E-state index contributed by atoms with van der Waals surface area (Å²) in [6.07, 6.45) is 3.16. The van der Waals surface area contributed by atoms with E-state index < -0.39 is 0 Å². The molecule has 0 unspecified atom stereocenters. The number of hydrogen-bond donors (Lipinski definition) is 1. The SMILES string of the molecule is CCCCN(C)C(=NCCc1cccc(C(=O)N(C)C)c1)NCC. The molecule has 0 bridgehead atoms. The lowest BCUT2D eigenvalue weighted by Gasteiger charge is -2.21. The number of nitrogens with one attached hydrogen (secondary N) is 1. The molecule has 0 atom stereocenters. The van der Waals surface area contributed by atoms with E-state index in [2.05, 4.69) is 37.2 Å². The van der Waals surface area contributed by atoms with Gasteiger partial charge in [0.25, 0.3) is 5.91 Å². The first-order chi connectivity index (χ1) is 11.5. The number of benzene rings is 1. The predicted molar refractivity (Wildman–Crippen MR) is 102 cm³/mol. The first kappa shape index (κ1) is 20.0. The molecule has 0 aliphatic carbocycles. The van der Waals surface area contributed by atoms with Crippen molar-refractivity contribution in [3.8, 4) is 0 Å². The molecular weight excluding hydrogens is 300 g/mol. The van der Waals surface area contributed by atoms with Crippen molar-refractivity contribution in [2.75, 3.05) is 40.8 Å². The largest absolute Gasteiger partial charge is 0.357 e. The average molecular weight is 332 g/mol. The minimum Gasteiger partial charge on any atom is -0.357 e. The molecule has 24 heavy (non-hydrogen) atoms. The van der Waals surface area contributed by atoms with Gasteiger partial charge in [-0.2, -0.15) is 0 Å². The Bertz CT molecular complexity index is 540. The molecule has 5 heteroatoms. The second-order valence-corrected chi connectivity index (χ2v) is 6.16. The van der Waals surface area contributed by atoms with E-state index in [9.17, 15) is 4.79 Å². The highest BCUT2D eigenvalue weighted by molar-refractivity contribution is 5.94. The molecule has 0 radical (unpaired) electrons. The molecule has 1 N–H and O–H groups in total. The van der Waals surface area contributed by atoms with E-state index in [1.54, 1.807) is 19.0 Å². The minimum atomic E-state index is 0.0352. The maximum Gasteiger partial charge on any atom is 0.253 e. The Hall–Kier alpha value is -2.04. The third-order valence-corrected chi connectivity index (χ3v) is 3.79. The summed E-state index contributed by atoms with van der Waals surface area (Å²) in [5.41, 5.74) is 1.87. The van der Waals surface area contributed by atoms with Gasteiger partial charge in [-0.25, -0.2) is 0 Å². The zero-order valence-electron chi connectivity index (χ0n) is 15.8. The van der Waals surface area contributed by atoms with E-state index >= 15 is 0 Å². The Morgan fingerprint density at radius 3 is 2.58 bits per heavy atom. The van der Waals surface area contributed by atoms with Gasteiger partial charge in [0.1, 0.15) is 0 Å². The highest BCUT2D eigenvalue weighted by atomic mass is 16.2. The Labute approximate surface area is 146 Å². The third-order valence-electron chi connectivity index (χ3n) is 3.79. The smallest absolute Gasteiger partial charge is 0.253 e. The molecule has 1 aromatic rings. The fourth-order valence-electron chi connectivity index (χ4n) is 2.38. The molecular formula is C19H32N4O. The highest BCUT2D eigenvalue weighted by Crippen LogP contribution is 2.08. The Morgan fingerprint density at radius 1 is 1.21 bits per heavy atom. The Balaban J connectivity index is 2.69. The van der Waals surface area contributed by atoms with Crippen molar-refractivity contribution in [2.45, 2.75) is 33.1 Å². The normalized spacial score (nSPS) is 11.3. The zero-order valence-corrected chi connectivity index (χ0v) is 15.8. The van der Waals surface area contributed by atoms with Crippen LogP contribution < -0.4 is 5.32 Å². The molecule has 134 valence electrons. The summed E-state index contributed by atoms with van der Waals surface area (Å²) in [6.45, 7) is 6.86. The van der Waals surface area contributed by atoms with Gasteiger partial charge in [-0.05, 0) is 37.5 Å². The molecule has 1 rings (SSSR count). The van der Waals surface area contributed by atoms with Gasteiger partial charge >= 0.3 is 0 Å². The van der Waals surface area contributed by atoms with Crippen LogP contribution >= 0.6 is 0 Å². The quantitative estimate of drug-likeness (QED) is 0.588. The monoisotopic (exact) mass is 332 g/mol. The lowest BCUT2D eigenvalue weighted by Crippen LogP contribution is -2.39. The van der Waals surface area contributed by atoms with Gasteiger partial charge in [-0.15, -0.1) is 0 Å². The highest BCUT2D eigenvalue weighted by Gasteiger charge is 2.08. The summed E-state index contributed by atoms with van der Waals surface area (Å²) in [4.78, 5) is 20.5. The lowest BCUT2D eigenvalue weighted by atomic mass is 10.1. The number of rotatable bonds is 8. The van der Waals surface area contributed by atoms with Gasteiger partial charge in [-0.3, -0.25) is 9.79 Å². The minimum absolute atomic E-state index is 0.0352. The molecule has 0 saturated heterocycles. The van der Waals surface area contributed by atoms with Crippen LogP contribution in [0.1, 0.15) is 42.6 Å². The fourth-order valence-corrected chi connectivity index (χ4v) is 2.38. The van der Waals surface area contributed by atoms with Gasteiger partial charge in [0, 0.05) is 46.3 Å². The zero-order chi connectivity index (χ0) is 17.9. The van der Waals surface area contributed by atoms with Crippen LogP contribution in [0.2, 0.25) is 0 Å². The maximum absolute atomic E-state index is 12.0. The Kier molecular flexibility index (Phi) is 8.90. The number of unbranched alkanes of at least 4 members (excludes halogenated alkanes) is 1. The average Bonchev–Trinajstić information content (AvgIpc) is 2.58. The maximum atomic E-state index is 12.0. The second-order valence-electron chi connectivity index (χ2n) is 6.16. The first-order valence-corrected chi connectivity index (χ1v) is 8.79. The fraction of sp³-hybridized carbons (Fsp3) is 0.579. The summed E-state index contributed by atoms with van der Waals surface area (Å²) in [5.74, 6) is 0.986. The van der Waals surface area contributed by atoms with Gasteiger partial charge in [0.2, 0.25) is 0 Å².